The Hall–Kier alpha value is -2.41. The molecule has 0 fully saturated rings. The molecule has 5 nitrogen and oxygen atoms in total. The van der Waals surface area contributed by atoms with E-state index in [1.807, 2.05) is 31.2 Å². The van der Waals surface area contributed by atoms with Crippen molar-refractivity contribution >= 4 is 11.8 Å². The molecule has 0 saturated heterocycles. The van der Waals surface area contributed by atoms with Gasteiger partial charge in [0.1, 0.15) is 0 Å². The van der Waals surface area contributed by atoms with E-state index < -0.39 is 0 Å². The average Bonchev–Trinajstić information content (AvgIpc) is 3.02. The summed E-state index contributed by atoms with van der Waals surface area (Å²) in [6.45, 7) is 2.39. The first kappa shape index (κ1) is 15.5. The standard InChI is InChI=1S/C16H15FN4OS/c1-12-6-8-13(9-7-12)21-16(18-19-20-21)23-11-10-22-15-5-3-2-4-14(15)17/h2-9H,10-11H2,1H3. The van der Waals surface area contributed by atoms with Gasteiger partial charge in [0.25, 0.3) is 0 Å². The number of rotatable bonds is 6. The molecule has 3 rings (SSSR count). The molecule has 0 radical (unpaired) electrons. The summed E-state index contributed by atoms with van der Waals surface area (Å²) in [7, 11) is 0. The molecule has 118 valence electrons. The number of benzene rings is 2. The van der Waals surface area contributed by atoms with Crippen LogP contribution < -0.4 is 4.74 Å². The number of aryl methyl sites for hydroxylation is 1. The Morgan fingerprint density at radius 2 is 1.91 bits per heavy atom. The van der Waals surface area contributed by atoms with Crippen molar-refractivity contribution in [1.29, 1.82) is 0 Å². The van der Waals surface area contributed by atoms with E-state index in [4.69, 9.17) is 4.74 Å². The van der Waals surface area contributed by atoms with Crippen LogP contribution in [0.1, 0.15) is 5.56 Å². The molecule has 0 amide bonds. The van der Waals surface area contributed by atoms with Gasteiger partial charge in [0.05, 0.1) is 12.3 Å². The lowest BCUT2D eigenvalue weighted by Gasteiger charge is -2.07. The van der Waals surface area contributed by atoms with Gasteiger partial charge in [-0.3, -0.25) is 0 Å². The van der Waals surface area contributed by atoms with Gasteiger partial charge < -0.3 is 4.74 Å². The minimum absolute atomic E-state index is 0.256. The van der Waals surface area contributed by atoms with Gasteiger partial charge in [0, 0.05) is 5.75 Å². The lowest BCUT2D eigenvalue weighted by Crippen LogP contribution is -2.04. The van der Waals surface area contributed by atoms with E-state index in [1.165, 1.54) is 23.4 Å². The second-order valence-corrected chi connectivity index (χ2v) is 5.90. The molecule has 1 aromatic heterocycles. The molecule has 0 N–H and O–H groups in total. The van der Waals surface area contributed by atoms with Crippen molar-refractivity contribution < 1.29 is 9.13 Å². The Kier molecular flexibility index (Phi) is 4.87. The monoisotopic (exact) mass is 330 g/mol. The summed E-state index contributed by atoms with van der Waals surface area (Å²) in [6, 6.07) is 14.3. The van der Waals surface area contributed by atoms with Gasteiger partial charge in [-0.25, -0.2) is 4.39 Å². The highest BCUT2D eigenvalue weighted by Gasteiger charge is 2.09. The maximum absolute atomic E-state index is 13.4. The van der Waals surface area contributed by atoms with E-state index in [-0.39, 0.29) is 11.6 Å². The van der Waals surface area contributed by atoms with Gasteiger partial charge >= 0.3 is 0 Å². The zero-order valence-corrected chi connectivity index (χ0v) is 13.3. The van der Waals surface area contributed by atoms with Gasteiger partial charge in [-0.1, -0.05) is 41.6 Å². The molecular formula is C16H15FN4OS. The summed E-state index contributed by atoms with van der Waals surface area (Å²) >= 11 is 1.46. The maximum Gasteiger partial charge on any atom is 0.214 e. The average molecular weight is 330 g/mol. The van der Waals surface area contributed by atoms with Crippen molar-refractivity contribution in [1.82, 2.24) is 20.2 Å². The van der Waals surface area contributed by atoms with E-state index in [1.54, 1.807) is 22.9 Å². The van der Waals surface area contributed by atoms with Crippen LogP contribution in [-0.4, -0.2) is 32.6 Å². The zero-order valence-electron chi connectivity index (χ0n) is 12.5. The summed E-state index contributed by atoms with van der Waals surface area (Å²) in [5, 5.41) is 12.4. The van der Waals surface area contributed by atoms with Crippen LogP contribution in [0.5, 0.6) is 5.75 Å². The first-order valence-corrected chi connectivity index (χ1v) is 8.08. The highest BCUT2D eigenvalue weighted by molar-refractivity contribution is 7.99. The second kappa shape index (κ2) is 7.23. The minimum Gasteiger partial charge on any atom is -0.490 e. The third-order valence-electron chi connectivity index (χ3n) is 3.13. The minimum atomic E-state index is -0.359. The van der Waals surface area contributed by atoms with Crippen molar-refractivity contribution in [3.63, 3.8) is 0 Å². The Morgan fingerprint density at radius 3 is 2.70 bits per heavy atom. The molecule has 7 heteroatoms. The van der Waals surface area contributed by atoms with Crippen LogP contribution >= 0.6 is 11.8 Å². The van der Waals surface area contributed by atoms with Crippen molar-refractivity contribution in [2.75, 3.05) is 12.4 Å². The molecule has 0 unspecified atom stereocenters. The summed E-state index contributed by atoms with van der Waals surface area (Å²) in [5.41, 5.74) is 2.08. The molecule has 0 saturated carbocycles. The number of nitrogens with zero attached hydrogens (tertiary/aromatic N) is 4. The van der Waals surface area contributed by atoms with Gasteiger partial charge in [0.2, 0.25) is 5.16 Å². The van der Waals surface area contributed by atoms with E-state index in [9.17, 15) is 4.39 Å². The number of halogens is 1. The van der Waals surface area contributed by atoms with Crippen molar-refractivity contribution in [3.8, 4) is 11.4 Å². The van der Waals surface area contributed by atoms with Crippen LogP contribution in [0.25, 0.3) is 5.69 Å². The SMILES string of the molecule is Cc1ccc(-n2nnnc2SCCOc2ccccc2F)cc1. The highest BCUT2D eigenvalue weighted by atomic mass is 32.2. The normalized spacial score (nSPS) is 10.7. The molecule has 0 spiro atoms. The predicted octanol–water partition coefficient (Wildman–Crippen LogP) is 3.28. The zero-order chi connectivity index (χ0) is 16.1. The molecule has 0 aliphatic rings. The third kappa shape index (κ3) is 3.87. The van der Waals surface area contributed by atoms with Crippen LogP contribution in [0.3, 0.4) is 0 Å². The smallest absolute Gasteiger partial charge is 0.214 e. The lowest BCUT2D eigenvalue weighted by molar-refractivity contribution is 0.325. The fourth-order valence-corrected chi connectivity index (χ4v) is 2.67. The molecule has 0 aliphatic carbocycles. The van der Waals surface area contributed by atoms with Crippen LogP contribution in [0, 0.1) is 12.7 Å². The summed E-state index contributed by atoms with van der Waals surface area (Å²) < 4.78 is 20.5. The number of hydrogen-bond acceptors (Lipinski definition) is 5. The fraction of sp³-hybridized carbons (Fsp3) is 0.188. The highest BCUT2D eigenvalue weighted by Crippen LogP contribution is 2.20. The van der Waals surface area contributed by atoms with Crippen LogP contribution in [0.15, 0.2) is 53.7 Å². The van der Waals surface area contributed by atoms with Crippen molar-refractivity contribution in [2.24, 2.45) is 0 Å². The van der Waals surface area contributed by atoms with Crippen LogP contribution in [-0.2, 0) is 0 Å². The van der Waals surface area contributed by atoms with Gasteiger partial charge in [-0.05, 0) is 41.6 Å². The Morgan fingerprint density at radius 1 is 1.13 bits per heavy atom. The largest absolute Gasteiger partial charge is 0.490 e. The summed E-state index contributed by atoms with van der Waals surface area (Å²) in [5.74, 6) is 0.508. The van der Waals surface area contributed by atoms with E-state index >= 15 is 0 Å². The molecule has 1 heterocycles. The number of para-hydroxylation sites is 1. The third-order valence-corrected chi connectivity index (χ3v) is 4.01. The Bertz CT molecular complexity index is 776. The quantitative estimate of drug-likeness (QED) is 0.513. The summed E-state index contributed by atoms with van der Waals surface area (Å²) in [6.07, 6.45) is 0. The van der Waals surface area contributed by atoms with Gasteiger partial charge in [-0.15, -0.1) is 5.10 Å². The van der Waals surface area contributed by atoms with Crippen molar-refractivity contribution in [3.05, 3.63) is 59.9 Å². The Balaban J connectivity index is 1.58. The summed E-state index contributed by atoms with van der Waals surface area (Å²) in [4.78, 5) is 0. The molecule has 0 aliphatic heterocycles. The maximum atomic E-state index is 13.4. The number of tetrazole rings is 1. The number of thioether (sulfide) groups is 1. The van der Waals surface area contributed by atoms with Gasteiger partial charge in [-0.2, -0.15) is 4.68 Å². The number of ether oxygens (including phenoxy) is 1. The van der Waals surface area contributed by atoms with E-state index in [0.717, 1.165) is 5.69 Å². The molecule has 0 bridgehead atoms. The number of aromatic nitrogens is 4. The molecule has 0 atom stereocenters. The lowest BCUT2D eigenvalue weighted by atomic mass is 10.2. The molecule has 2 aromatic carbocycles. The van der Waals surface area contributed by atoms with Gasteiger partial charge in [0.15, 0.2) is 11.6 Å². The van der Waals surface area contributed by atoms with Crippen LogP contribution in [0.2, 0.25) is 0 Å². The topological polar surface area (TPSA) is 52.8 Å². The fourth-order valence-electron chi connectivity index (χ4n) is 1.96. The van der Waals surface area contributed by atoms with Crippen molar-refractivity contribution in [2.45, 2.75) is 12.1 Å². The number of hydrogen-bond donors (Lipinski definition) is 0. The van der Waals surface area contributed by atoms with E-state index in [2.05, 4.69) is 15.5 Å². The first-order valence-electron chi connectivity index (χ1n) is 7.09. The molecule has 3 aromatic rings. The molecule has 23 heavy (non-hydrogen) atoms. The first-order chi connectivity index (χ1) is 11.2. The van der Waals surface area contributed by atoms with E-state index in [0.29, 0.717) is 17.5 Å². The Labute approximate surface area is 137 Å². The molecular weight excluding hydrogens is 315 g/mol. The predicted molar refractivity (Wildman–Crippen MR) is 86.5 cm³/mol. The van der Waals surface area contributed by atoms with Crippen LogP contribution in [0.4, 0.5) is 4.39 Å². The second-order valence-electron chi connectivity index (χ2n) is 4.84.